The summed E-state index contributed by atoms with van der Waals surface area (Å²) in [5.41, 5.74) is 2.36. The van der Waals surface area contributed by atoms with Gasteiger partial charge in [-0.1, -0.05) is 60.7 Å². The topological polar surface area (TPSA) is 43.8 Å². The lowest BCUT2D eigenvalue weighted by molar-refractivity contribution is -0.128. The highest BCUT2D eigenvalue weighted by atomic mass is 16.3. The predicted molar refractivity (Wildman–Crippen MR) is 111 cm³/mol. The number of piperidine rings is 1. The van der Waals surface area contributed by atoms with Crippen LogP contribution in [0, 0.1) is 5.41 Å². The molecule has 0 aromatic heterocycles. The van der Waals surface area contributed by atoms with E-state index < -0.39 is 6.10 Å². The van der Waals surface area contributed by atoms with Gasteiger partial charge in [0.25, 0.3) is 0 Å². The Hall–Kier alpha value is -2.17. The van der Waals surface area contributed by atoms with Crippen molar-refractivity contribution in [3.8, 4) is 0 Å². The standard InChI is InChI=1S/C24H30N2O2/c27-22(21-9-5-2-6-10-21)11-14-25-15-12-24(13-16-25)17-23(28)26(19-24)18-20-7-3-1-4-8-20/h1-10,22,27H,11-19H2/t22-/m0/s1. The second kappa shape index (κ2) is 8.46. The Morgan fingerprint density at radius 1 is 0.964 bits per heavy atom. The van der Waals surface area contributed by atoms with E-state index in [-0.39, 0.29) is 5.41 Å². The molecule has 2 saturated heterocycles. The van der Waals surface area contributed by atoms with Gasteiger partial charge in [-0.25, -0.2) is 0 Å². The molecule has 4 rings (SSSR count). The highest BCUT2D eigenvalue weighted by molar-refractivity contribution is 5.79. The van der Waals surface area contributed by atoms with Gasteiger partial charge in [0.15, 0.2) is 0 Å². The fraction of sp³-hybridized carbons (Fsp3) is 0.458. The van der Waals surface area contributed by atoms with Gasteiger partial charge in [0.1, 0.15) is 0 Å². The van der Waals surface area contributed by atoms with Crippen LogP contribution in [0.2, 0.25) is 0 Å². The van der Waals surface area contributed by atoms with Gasteiger partial charge >= 0.3 is 0 Å². The van der Waals surface area contributed by atoms with Crippen molar-refractivity contribution in [1.29, 1.82) is 0 Å². The second-order valence-corrected chi connectivity index (χ2v) is 8.47. The van der Waals surface area contributed by atoms with Crippen LogP contribution in [-0.2, 0) is 11.3 Å². The largest absolute Gasteiger partial charge is 0.388 e. The molecule has 0 aliphatic carbocycles. The molecule has 2 aromatic rings. The van der Waals surface area contributed by atoms with Crippen molar-refractivity contribution in [2.75, 3.05) is 26.2 Å². The molecule has 4 heteroatoms. The minimum atomic E-state index is -0.397. The van der Waals surface area contributed by atoms with Gasteiger partial charge in [0, 0.05) is 26.1 Å². The Balaban J connectivity index is 1.26. The quantitative estimate of drug-likeness (QED) is 0.835. The molecule has 4 nitrogen and oxygen atoms in total. The second-order valence-electron chi connectivity index (χ2n) is 8.47. The van der Waals surface area contributed by atoms with E-state index >= 15 is 0 Å². The average Bonchev–Trinajstić information content (AvgIpc) is 3.03. The number of nitrogens with zero attached hydrogens (tertiary/aromatic N) is 2. The predicted octanol–water partition coefficient (Wildman–Crippen LogP) is 3.62. The lowest BCUT2D eigenvalue weighted by Crippen LogP contribution is -2.42. The zero-order valence-electron chi connectivity index (χ0n) is 16.5. The number of aliphatic hydroxyl groups excluding tert-OH is 1. The number of carbonyl (C=O) groups is 1. The number of aliphatic hydroxyl groups is 1. The van der Waals surface area contributed by atoms with E-state index in [0.29, 0.717) is 12.3 Å². The molecule has 0 saturated carbocycles. The number of amides is 1. The van der Waals surface area contributed by atoms with Crippen LogP contribution in [0.15, 0.2) is 60.7 Å². The minimum absolute atomic E-state index is 0.153. The van der Waals surface area contributed by atoms with Gasteiger partial charge < -0.3 is 14.9 Å². The third-order valence-corrected chi connectivity index (χ3v) is 6.44. The smallest absolute Gasteiger partial charge is 0.223 e. The van der Waals surface area contributed by atoms with E-state index in [0.717, 1.165) is 57.5 Å². The number of hydrogen-bond acceptors (Lipinski definition) is 3. The van der Waals surface area contributed by atoms with Crippen LogP contribution in [0.5, 0.6) is 0 Å². The summed E-state index contributed by atoms with van der Waals surface area (Å²) >= 11 is 0. The summed E-state index contributed by atoms with van der Waals surface area (Å²) in [6.45, 7) is 4.57. The van der Waals surface area contributed by atoms with Crippen molar-refractivity contribution < 1.29 is 9.90 Å². The molecule has 2 aliphatic rings. The van der Waals surface area contributed by atoms with Crippen LogP contribution in [-0.4, -0.2) is 47.0 Å². The van der Waals surface area contributed by atoms with E-state index in [9.17, 15) is 9.90 Å². The Morgan fingerprint density at radius 2 is 1.61 bits per heavy atom. The molecule has 1 N–H and O–H groups in total. The van der Waals surface area contributed by atoms with E-state index in [1.165, 1.54) is 5.56 Å². The molecule has 2 heterocycles. The molecule has 2 fully saturated rings. The van der Waals surface area contributed by atoms with Gasteiger partial charge in [-0.05, 0) is 48.9 Å². The summed E-state index contributed by atoms with van der Waals surface area (Å²) in [7, 11) is 0. The monoisotopic (exact) mass is 378 g/mol. The molecule has 2 aliphatic heterocycles. The first-order valence-corrected chi connectivity index (χ1v) is 10.4. The summed E-state index contributed by atoms with van der Waals surface area (Å²) in [5, 5.41) is 10.4. The molecule has 148 valence electrons. The lowest BCUT2D eigenvalue weighted by atomic mass is 9.77. The van der Waals surface area contributed by atoms with E-state index in [2.05, 4.69) is 17.0 Å². The lowest BCUT2D eigenvalue weighted by Gasteiger charge is -2.39. The van der Waals surface area contributed by atoms with Crippen molar-refractivity contribution >= 4 is 5.91 Å². The minimum Gasteiger partial charge on any atom is -0.388 e. The third kappa shape index (κ3) is 4.45. The molecule has 1 atom stereocenters. The number of benzene rings is 2. The molecule has 2 aromatic carbocycles. The van der Waals surface area contributed by atoms with Crippen molar-refractivity contribution in [2.45, 2.75) is 38.3 Å². The molecule has 1 spiro atoms. The summed E-state index contributed by atoms with van der Waals surface area (Å²) in [6, 6.07) is 20.2. The summed E-state index contributed by atoms with van der Waals surface area (Å²) in [6.07, 6.45) is 3.21. The number of likely N-dealkylation sites (tertiary alicyclic amines) is 2. The maximum atomic E-state index is 12.6. The van der Waals surface area contributed by atoms with Crippen molar-refractivity contribution in [2.24, 2.45) is 5.41 Å². The van der Waals surface area contributed by atoms with E-state index in [1.807, 2.05) is 53.4 Å². The third-order valence-electron chi connectivity index (χ3n) is 6.44. The Morgan fingerprint density at radius 3 is 2.29 bits per heavy atom. The fourth-order valence-electron chi connectivity index (χ4n) is 4.66. The molecule has 28 heavy (non-hydrogen) atoms. The zero-order chi connectivity index (χ0) is 19.4. The molecule has 0 bridgehead atoms. The van der Waals surface area contributed by atoms with Crippen LogP contribution < -0.4 is 0 Å². The normalized spacial score (nSPS) is 20.6. The van der Waals surface area contributed by atoms with Crippen molar-refractivity contribution in [3.63, 3.8) is 0 Å². The maximum Gasteiger partial charge on any atom is 0.223 e. The fourth-order valence-corrected chi connectivity index (χ4v) is 4.66. The van der Waals surface area contributed by atoms with Crippen LogP contribution >= 0.6 is 0 Å². The van der Waals surface area contributed by atoms with Gasteiger partial charge in [0.05, 0.1) is 6.10 Å². The molecular formula is C24H30N2O2. The molecule has 0 unspecified atom stereocenters. The molecule has 0 radical (unpaired) electrons. The summed E-state index contributed by atoms with van der Waals surface area (Å²) in [5.74, 6) is 0.303. The first-order chi connectivity index (χ1) is 13.6. The Labute approximate surface area is 167 Å². The van der Waals surface area contributed by atoms with Gasteiger partial charge in [0.2, 0.25) is 5.91 Å². The van der Waals surface area contributed by atoms with Crippen LogP contribution in [0.25, 0.3) is 0 Å². The highest BCUT2D eigenvalue weighted by Crippen LogP contribution is 2.41. The molecule has 1 amide bonds. The Bertz CT molecular complexity index is 770. The summed E-state index contributed by atoms with van der Waals surface area (Å²) in [4.78, 5) is 17.1. The number of hydrogen-bond donors (Lipinski definition) is 1. The van der Waals surface area contributed by atoms with Gasteiger partial charge in [-0.15, -0.1) is 0 Å². The van der Waals surface area contributed by atoms with Crippen LogP contribution in [0.4, 0.5) is 0 Å². The van der Waals surface area contributed by atoms with E-state index in [1.54, 1.807) is 0 Å². The first kappa shape index (κ1) is 19.2. The van der Waals surface area contributed by atoms with Crippen molar-refractivity contribution in [3.05, 3.63) is 71.8 Å². The average molecular weight is 379 g/mol. The van der Waals surface area contributed by atoms with Gasteiger partial charge in [-0.2, -0.15) is 0 Å². The van der Waals surface area contributed by atoms with Gasteiger partial charge in [-0.3, -0.25) is 4.79 Å². The first-order valence-electron chi connectivity index (χ1n) is 10.4. The number of rotatable bonds is 6. The van der Waals surface area contributed by atoms with Crippen LogP contribution in [0.3, 0.4) is 0 Å². The summed E-state index contributed by atoms with van der Waals surface area (Å²) < 4.78 is 0. The SMILES string of the molecule is O=C1CC2(CCN(CC[C@H](O)c3ccccc3)CC2)CN1Cc1ccccc1. The highest BCUT2D eigenvalue weighted by Gasteiger charge is 2.44. The maximum absolute atomic E-state index is 12.6. The van der Waals surface area contributed by atoms with Crippen molar-refractivity contribution in [1.82, 2.24) is 9.80 Å². The Kier molecular flexibility index (Phi) is 5.79. The van der Waals surface area contributed by atoms with E-state index in [4.69, 9.17) is 0 Å². The van der Waals surface area contributed by atoms with Crippen LogP contribution in [0.1, 0.15) is 42.9 Å². The zero-order valence-corrected chi connectivity index (χ0v) is 16.5. The molecular weight excluding hydrogens is 348 g/mol. The number of carbonyl (C=O) groups excluding carboxylic acids is 1.